The Morgan fingerprint density at radius 1 is 1.11 bits per heavy atom. The fraction of sp³-hybridized carbons (Fsp3) is 0.190. The van der Waals surface area contributed by atoms with E-state index >= 15 is 0 Å². The highest BCUT2D eigenvalue weighted by molar-refractivity contribution is 5.76. The lowest BCUT2D eigenvalue weighted by Gasteiger charge is -2.03. The predicted octanol–water partition coefficient (Wildman–Crippen LogP) is 3.20. The van der Waals surface area contributed by atoms with Gasteiger partial charge in [-0.15, -0.1) is 0 Å². The fourth-order valence-electron chi connectivity index (χ4n) is 3.20. The maximum atomic E-state index is 13.1. The molecule has 28 heavy (non-hydrogen) atoms. The van der Waals surface area contributed by atoms with Gasteiger partial charge in [-0.05, 0) is 31.0 Å². The molecule has 4 rings (SSSR count). The number of nitrogens with one attached hydrogen (secondary N) is 2. The molecule has 0 atom stereocenters. The van der Waals surface area contributed by atoms with Gasteiger partial charge in [0.25, 0.3) is 5.56 Å². The summed E-state index contributed by atoms with van der Waals surface area (Å²) in [6.45, 7) is 2.08. The molecule has 2 N–H and O–H groups in total. The van der Waals surface area contributed by atoms with Gasteiger partial charge < -0.3 is 9.72 Å². The summed E-state index contributed by atoms with van der Waals surface area (Å²) in [7, 11) is 0. The SMILES string of the molecule is CCOC(=O)CCc1c(-c2ccccc2)[nH]n(-c2nc3ccccc3[nH]2)c1=O. The number of imidazole rings is 1. The number of esters is 1. The van der Waals surface area contributed by atoms with Gasteiger partial charge in [0.1, 0.15) is 0 Å². The first-order valence-electron chi connectivity index (χ1n) is 9.17. The summed E-state index contributed by atoms with van der Waals surface area (Å²) in [5, 5.41) is 3.16. The van der Waals surface area contributed by atoms with Crippen LogP contribution in [0.25, 0.3) is 28.2 Å². The monoisotopic (exact) mass is 376 g/mol. The van der Waals surface area contributed by atoms with Crippen molar-refractivity contribution in [1.29, 1.82) is 0 Å². The summed E-state index contributed by atoms with van der Waals surface area (Å²) in [5.41, 5.74) is 3.45. The van der Waals surface area contributed by atoms with E-state index in [2.05, 4.69) is 15.1 Å². The third-order valence-electron chi connectivity index (χ3n) is 4.52. The number of benzene rings is 2. The van der Waals surface area contributed by atoms with E-state index in [-0.39, 0.29) is 24.4 Å². The van der Waals surface area contributed by atoms with Crippen LogP contribution in [0.5, 0.6) is 0 Å². The smallest absolute Gasteiger partial charge is 0.306 e. The van der Waals surface area contributed by atoms with Gasteiger partial charge in [-0.1, -0.05) is 42.5 Å². The zero-order valence-corrected chi connectivity index (χ0v) is 15.4. The van der Waals surface area contributed by atoms with Gasteiger partial charge in [-0.2, -0.15) is 4.68 Å². The van der Waals surface area contributed by atoms with Crippen LogP contribution in [0.3, 0.4) is 0 Å². The Morgan fingerprint density at radius 3 is 2.61 bits per heavy atom. The number of carbonyl (C=O) groups is 1. The van der Waals surface area contributed by atoms with Crippen LogP contribution in [0, 0.1) is 0 Å². The highest BCUT2D eigenvalue weighted by Gasteiger charge is 2.19. The molecule has 142 valence electrons. The Bertz CT molecular complexity index is 1140. The van der Waals surface area contributed by atoms with Gasteiger partial charge in [0, 0.05) is 12.0 Å². The second kappa shape index (κ2) is 7.56. The number of fused-ring (bicyclic) bond motifs is 1. The number of H-pyrrole nitrogens is 2. The Balaban J connectivity index is 1.79. The first-order valence-corrected chi connectivity index (χ1v) is 9.17. The van der Waals surface area contributed by atoms with Crippen LogP contribution in [0.1, 0.15) is 18.9 Å². The second-order valence-corrected chi connectivity index (χ2v) is 6.35. The van der Waals surface area contributed by atoms with Gasteiger partial charge in [-0.25, -0.2) is 4.98 Å². The van der Waals surface area contributed by atoms with E-state index in [0.29, 0.717) is 23.8 Å². The van der Waals surface area contributed by atoms with Crippen LogP contribution < -0.4 is 5.56 Å². The molecule has 0 saturated carbocycles. The van der Waals surface area contributed by atoms with Crippen molar-refractivity contribution in [3.05, 3.63) is 70.5 Å². The van der Waals surface area contributed by atoms with Crippen LogP contribution in [0.15, 0.2) is 59.4 Å². The summed E-state index contributed by atoms with van der Waals surface area (Å²) in [4.78, 5) is 32.6. The molecule has 7 nitrogen and oxygen atoms in total. The Labute approximate surface area is 161 Å². The van der Waals surface area contributed by atoms with Gasteiger partial charge >= 0.3 is 5.97 Å². The van der Waals surface area contributed by atoms with Crippen molar-refractivity contribution in [3.63, 3.8) is 0 Å². The summed E-state index contributed by atoms with van der Waals surface area (Å²) in [6, 6.07) is 17.1. The van der Waals surface area contributed by atoms with Crippen LogP contribution >= 0.6 is 0 Å². The normalized spacial score (nSPS) is 11.0. The first kappa shape index (κ1) is 17.8. The van der Waals surface area contributed by atoms with Crippen LogP contribution in [-0.4, -0.2) is 32.3 Å². The van der Waals surface area contributed by atoms with Gasteiger partial charge in [0.15, 0.2) is 0 Å². The van der Waals surface area contributed by atoms with E-state index in [1.807, 2.05) is 54.6 Å². The topological polar surface area (TPSA) is 92.8 Å². The van der Waals surface area contributed by atoms with E-state index in [1.165, 1.54) is 4.68 Å². The molecular formula is C21H20N4O3. The quantitative estimate of drug-likeness (QED) is 0.506. The lowest BCUT2D eigenvalue weighted by molar-refractivity contribution is -0.143. The first-order chi connectivity index (χ1) is 13.7. The average Bonchev–Trinajstić information content (AvgIpc) is 3.28. The number of rotatable bonds is 6. The predicted molar refractivity (Wildman–Crippen MR) is 106 cm³/mol. The number of hydrogen-bond acceptors (Lipinski definition) is 4. The van der Waals surface area contributed by atoms with Crippen molar-refractivity contribution >= 4 is 17.0 Å². The molecule has 0 bridgehead atoms. The molecule has 2 heterocycles. The average molecular weight is 376 g/mol. The standard InChI is InChI=1S/C21H20N4O3/c1-2-28-18(26)13-12-15-19(14-8-4-3-5-9-14)24-25(20(15)27)21-22-16-10-6-7-11-17(16)23-21/h3-11,24H,2,12-13H2,1H3,(H,22,23). The van der Waals surface area contributed by atoms with E-state index in [1.54, 1.807) is 6.92 Å². The van der Waals surface area contributed by atoms with Crippen molar-refractivity contribution in [3.8, 4) is 17.2 Å². The van der Waals surface area contributed by atoms with Crippen LogP contribution in [-0.2, 0) is 16.0 Å². The Hall–Kier alpha value is -3.61. The molecule has 0 saturated heterocycles. The largest absolute Gasteiger partial charge is 0.466 e. The molecule has 0 unspecified atom stereocenters. The number of carbonyl (C=O) groups excluding carboxylic acids is 1. The third-order valence-corrected chi connectivity index (χ3v) is 4.52. The molecule has 0 aliphatic heterocycles. The van der Waals surface area contributed by atoms with Crippen molar-refractivity contribution in [1.82, 2.24) is 19.7 Å². The number of aromatic nitrogens is 4. The lowest BCUT2D eigenvalue weighted by atomic mass is 10.0. The van der Waals surface area contributed by atoms with Crippen molar-refractivity contribution in [2.75, 3.05) is 6.61 Å². The zero-order chi connectivity index (χ0) is 19.5. The molecule has 0 spiro atoms. The molecule has 2 aromatic carbocycles. The van der Waals surface area contributed by atoms with Crippen molar-refractivity contribution in [2.24, 2.45) is 0 Å². The molecule has 7 heteroatoms. The molecule has 2 aromatic heterocycles. The summed E-state index contributed by atoms with van der Waals surface area (Å²) < 4.78 is 6.40. The maximum Gasteiger partial charge on any atom is 0.306 e. The van der Waals surface area contributed by atoms with Crippen LogP contribution in [0.2, 0.25) is 0 Å². The van der Waals surface area contributed by atoms with E-state index in [4.69, 9.17) is 4.74 Å². The minimum absolute atomic E-state index is 0.140. The zero-order valence-electron chi connectivity index (χ0n) is 15.4. The molecule has 4 aromatic rings. The highest BCUT2D eigenvalue weighted by atomic mass is 16.5. The summed E-state index contributed by atoms with van der Waals surface area (Å²) in [5.74, 6) is 0.0863. The molecule has 0 amide bonds. The number of ether oxygens (including phenoxy) is 1. The minimum atomic E-state index is -0.322. The van der Waals surface area contributed by atoms with Gasteiger partial charge in [0.05, 0.1) is 23.3 Å². The second-order valence-electron chi connectivity index (χ2n) is 6.35. The van der Waals surface area contributed by atoms with Crippen molar-refractivity contribution in [2.45, 2.75) is 19.8 Å². The van der Waals surface area contributed by atoms with E-state index in [0.717, 1.165) is 16.6 Å². The maximum absolute atomic E-state index is 13.1. The third kappa shape index (κ3) is 3.34. The van der Waals surface area contributed by atoms with Gasteiger partial charge in [0.2, 0.25) is 5.95 Å². The Kier molecular flexibility index (Phi) is 4.80. The molecule has 0 fully saturated rings. The summed E-state index contributed by atoms with van der Waals surface area (Å²) >= 11 is 0. The number of para-hydroxylation sites is 2. The number of aromatic amines is 2. The molecule has 0 aliphatic carbocycles. The number of hydrogen-bond donors (Lipinski definition) is 2. The lowest BCUT2D eigenvalue weighted by Crippen LogP contribution is -2.19. The Morgan fingerprint density at radius 2 is 1.86 bits per heavy atom. The minimum Gasteiger partial charge on any atom is -0.466 e. The fourth-order valence-corrected chi connectivity index (χ4v) is 3.20. The molecule has 0 aliphatic rings. The van der Waals surface area contributed by atoms with E-state index < -0.39 is 0 Å². The molecule has 0 radical (unpaired) electrons. The van der Waals surface area contributed by atoms with Gasteiger partial charge in [-0.3, -0.25) is 14.7 Å². The number of nitrogens with zero attached hydrogens (tertiary/aromatic N) is 2. The van der Waals surface area contributed by atoms with E-state index in [9.17, 15) is 9.59 Å². The molecular weight excluding hydrogens is 356 g/mol. The summed E-state index contributed by atoms with van der Waals surface area (Å²) in [6.07, 6.45) is 0.423. The highest BCUT2D eigenvalue weighted by Crippen LogP contribution is 2.22. The van der Waals surface area contributed by atoms with Crippen molar-refractivity contribution < 1.29 is 9.53 Å². The van der Waals surface area contributed by atoms with Crippen LogP contribution in [0.4, 0.5) is 0 Å².